The zero-order valence-corrected chi connectivity index (χ0v) is 13.4. The smallest absolute Gasteiger partial charge is 0.242 e. The van der Waals surface area contributed by atoms with Crippen LogP contribution >= 0.6 is 11.3 Å². The number of fused-ring (bicyclic) bond motifs is 1. The van der Waals surface area contributed by atoms with Gasteiger partial charge in [-0.25, -0.2) is 0 Å². The van der Waals surface area contributed by atoms with Crippen molar-refractivity contribution in [3.05, 3.63) is 46.2 Å². The van der Waals surface area contributed by atoms with Gasteiger partial charge in [-0.2, -0.15) is 0 Å². The summed E-state index contributed by atoms with van der Waals surface area (Å²) in [5.41, 5.74) is 0.887. The van der Waals surface area contributed by atoms with Gasteiger partial charge in [-0.15, -0.1) is 11.3 Å². The molecule has 0 saturated heterocycles. The summed E-state index contributed by atoms with van der Waals surface area (Å²) < 4.78 is 10.7. The molecule has 3 rings (SSSR count). The fourth-order valence-corrected chi connectivity index (χ4v) is 3.10. The molecule has 1 aromatic carbocycles. The van der Waals surface area contributed by atoms with Crippen LogP contribution in [0.5, 0.6) is 11.5 Å². The molecule has 1 atom stereocenters. The fraction of sp³-hybridized carbons (Fsp3) is 0.312. The SMILES string of the molecule is CN(C)[C@@H](C(=O)NCc1cccs1)c1ccc2c(c1)OCO2. The molecule has 0 aliphatic carbocycles. The minimum absolute atomic E-state index is 0.0303. The lowest BCUT2D eigenvalue weighted by Gasteiger charge is -2.24. The predicted octanol–water partition coefficient (Wildman–Crippen LogP) is 2.40. The minimum atomic E-state index is -0.366. The van der Waals surface area contributed by atoms with Crippen molar-refractivity contribution in [3.63, 3.8) is 0 Å². The maximum atomic E-state index is 12.6. The van der Waals surface area contributed by atoms with Crippen LogP contribution in [0.3, 0.4) is 0 Å². The van der Waals surface area contributed by atoms with E-state index in [1.54, 1.807) is 11.3 Å². The standard InChI is InChI=1S/C16H18N2O3S/c1-18(2)15(16(19)17-9-12-4-3-7-22-12)11-5-6-13-14(8-11)21-10-20-13/h3-8,15H,9-10H2,1-2H3,(H,17,19)/t15-/m1/s1. The molecule has 1 N–H and O–H groups in total. The van der Waals surface area contributed by atoms with E-state index in [2.05, 4.69) is 5.32 Å². The van der Waals surface area contributed by atoms with E-state index in [0.29, 0.717) is 12.3 Å². The number of hydrogen-bond donors (Lipinski definition) is 1. The largest absolute Gasteiger partial charge is 0.454 e. The molecule has 0 unspecified atom stereocenters. The Hall–Kier alpha value is -2.05. The molecule has 0 fully saturated rings. The van der Waals surface area contributed by atoms with Crippen LogP contribution in [0.2, 0.25) is 0 Å². The second-order valence-electron chi connectivity index (χ2n) is 5.28. The quantitative estimate of drug-likeness (QED) is 0.920. The van der Waals surface area contributed by atoms with Gasteiger partial charge in [0.25, 0.3) is 0 Å². The molecule has 0 saturated carbocycles. The Morgan fingerprint density at radius 1 is 1.32 bits per heavy atom. The number of carbonyl (C=O) groups excluding carboxylic acids is 1. The minimum Gasteiger partial charge on any atom is -0.454 e. The monoisotopic (exact) mass is 318 g/mol. The zero-order chi connectivity index (χ0) is 15.5. The van der Waals surface area contributed by atoms with Crippen molar-refractivity contribution in [3.8, 4) is 11.5 Å². The van der Waals surface area contributed by atoms with Crippen LogP contribution in [0.1, 0.15) is 16.5 Å². The number of amides is 1. The highest BCUT2D eigenvalue weighted by atomic mass is 32.1. The van der Waals surface area contributed by atoms with Gasteiger partial charge in [0.05, 0.1) is 6.54 Å². The summed E-state index contributed by atoms with van der Waals surface area (Å²) in [7, 11) is 3.78. The van der Waals surface area contributed by atoms with Gasteiger partial charge < -0.3 is 14.8 Å². The van der Waals surface area contributed by atoms with Crippen molar-refractivity contribution in [2.45, 2.75) is 12.6 Å². The molecular formula is C16H18N2O3S. The maximum absolute atomic E-state index is 12.6. The van der Waals surface area contributed by atoms with E-state index in [9.17, 15) is 4.79 Å². The number of nitrogens with zero attached hydrogens (tertiary/aromatic N) is 1. The first kappa shape index (κ1) is 14.9. The Balaban J connectivity index is 1.75. The lowest BCUT2D eigenvalue weighted by atomic mass is 10.0. The Bertz CT molecular complexity index is 655. The molecule has 1 aliphatic rings. The first-order valence-electron chi connectivity index (χ1n) is 7.01. The van der Waals surface area contributed by atoms with E-state index in [0.717, 1.165) is 16.2 Å². The fourth-order valence-electron chi connectivity index (χ4n) is 2.45. The Kier molecular flexibility index (Phi) is 4.31. The van der Waals surface area contributed by atoms with Gasteiger partial charge in [0.2, 0.25) is 12.7 Å². The Labute approximate surface area is 133 Å². The third kappa shape index (κ3) is 3.08. The third-order valence-corrected chi connectivity index (χ3v) is 4.37. The van der Waals surface area contributed by atoms with Gasteiger partial charge >= 0.3 is 0 Å². The van der Waals surface area contributed by atoms with Gasteiger partial charge in [0.1, 0.15) is 6.04 Å². The molecule has 22 heavy (non-hydrogen) atoms. The summed E-state index contributed by atoms with van der Waals surface area (Å²) >= 11 is 1.63. The average molecular weight is 318 g/mol. The van der Waals surface area contributed by atoms with E-state index in [1.165, 1.54) is 0 Å². The summed E-state index contributed by atoms with van der Waals surface area (Å²) in [6.45, 7) is 0.779. The second-order valence-corrected chi connectivity index (χ2v) is 6.31. The van der Waals surface area contributed by atoms with Gasteiger partial charge in [-0.3, -0.25) is 9.69 Å². The van der Waals surface area contributed by atoms with Crippen molar-refractivity contribution >= 4 is 17.2 Å². The van der Waals surface area contributed by atoms with Crippen molar-refractivity contribution in [2.24, 2.45) is 0 Å². The molecule has 116 valence electrons. The second kappa shape index (κ2) is 6.37. The highest BCUT2D eigenvalue weighted by molar-refractivity contribution is 7.09. The molecule has 6 heteroatoms. The molecule has 2 heterocycles. The van der Waals surface area contributed by atoms with Crippen molar-refractivity contribution in [1.82, 2.24) is 10.2 Å². The molecule has 1 aliphatic heterocycles. The van der Waals surface area contributed by atoms with Crippen LogP contribution in [0.15, 0.2) is 35.7 Å². The van der Waals surface area contributed by atoms with Crippen molar-refractivity contribution in [1.29, 1.82) is 0 Å². The molecule has 0 spiro atoms. The van der Waals surface area contributed by atoms with Crippen LogP contribution in [0.25, 0.3) is 0 Å². The van der Waals surface area contributed by atoms with Gasteiger partial charge in [0, 0.05) is 4.88 Å². The van der Waals surface area contributed by atoms with E-state index < -0.39 is 0 Å². The number of thiophene rings is 1. The maximum Gasteiger partial charge on any atom is 0.242 e. The number of hydrogen-bond acceptors (Lipinski definition) is 5. The molecule has 1 aromatic heterocycles. The third-order valence-electron chi connectivity index (χ3n) is 3.49. The number of rotatable bonds is 5. The number of ether oxygens (including phenoxy) is 2. The summed E-state index contributed by atoms with van der Waals surface area (Å²) in [5, 5.41) is 4.99. The van der Waals surface area contributed by atoms with Crippen LogP contribution in [0.4, 0.5) is 0 Å². The van der Waals surface area contributed by atoms with E-state index >= 15 is 0 Å². The lowest BCUT2D eigenvalue weighted by Crippen LogP contribution is -2.36. The number of carbonyl (C=O) groups is 1. The number of likely N-dealkylation sites (N-methyl/N-ethyl adjacent to an activating group) is 1. The van der Waals surface area contributed by atoms with E-state index in [1.807, 2.05) is 54.7 Å². The molecule has 0 radical (unpaired) electrons. The first-order chi connectivity index (χ1) is 10.6. The zero-order valence-electron chi connectivity index (χ0n) is 12.5. The molecule has 5 nitrogen and oxygen atoms in total. The van der Waals surface area contributed by atoms with E-state index in [-0.39, 0.29) is 18.7 Å². The summed E-state index contributed by atoms with van der Waals surface area (Å²) in [6.07, 6.45) is 0. The average Bonchev–Trinajstić information content (AvgIpc) is 3.15. The molecular weight excluding hydrogens is 300 g/mol. The van der Waals surface area contributed by atoms with Crippen LogP contribution in [-0.2, 0) is 11.3 Å². The molecule has 0 bridgehead atoms. The topological polar surface area (TPSA) is 50.8 Å². The highest BCUT2D eigenvalue weighted by Gasteiger charge is 2.25. The summed E-state index contributed by atoms with van der Waals surface area (Å²) in [4.78, 5) is 15.6. The number of benzene rings is 1. The molecule has 1 amide bonds. The van der Waals surface area contributed by atoms with Gasteiger partial charge in [0.15, 0.2) is 11.5 Å². The lowest BCUT2D eigenvalue weighted by molar-refractivity contribution is -0.125. The van der Waals surface area contributed by atoms with Crippen LogP contribution < -0.4 is 14.8 Å². The van der Waals surface area contributed by atoms with Crippen LogP contribution in [0, 0.1) is 0 Å². The first-order valence-corrected chi connectivity index (χ1v) is 7.89. The van der Waals surface area contributed by atoms with Gasteiger partial charge in [-0.1, -0.05) is 12.1 Å². The normalized spacial score (nSPS) is 14.1. The Morgan fingerprint density at radius 2 is 2.14 bits per heavy atom. The highest BCUT2D eigenvalue weighted by Crippen LogP contribution is 2.35. The van der Waals surface area contributed by atoms with Crippen molar-refractivity contribution < 1.29 is 14.3 Å². The predicted molar refractivity (Wildman–Crippen MR) is 85.2 cm³/mol. The summed E-state index contributed by atoms with van der Waals surface area (Å²) in [5.74, 6) is 1.38. The summed E-state index contributed by atoms with van der Waals surface area (Å²) in [6, 6.07) is 9.25. The van der Waals surface area contributed by atoms with Crippen LogP contribution in [-0.4, -0.2) is 31.7 Å². The van der Waals surface area contributed by atoms with Crippen molar-refractivity contribution in [2.75, 3.05) is 20.9 Å². The van der Waals surface area contributed by atoms with E-state index in [4.69, 9.17) is 9.47 Å². The number of nitrogens with one attached hydrogen (secondary N) is 1. The Morgan fingerprint density at radius 3 is 2.86 bits per heavy atom. The van der Waals surface area contributed by atoms with Gasteiger partial charge in [-0.05, 0) is 43.2 Å². The molecule has 2 aromatic rings.